The second-order valence-electron chi connectivity index (χ2n) is 6.17. The number of thioether (sulfide) groups is 1. The lowest BCUT2D eigenvalue weighted by Crippen LogP contribution is -2.18. The quantitative estimate of drug-likeness (QED) is 0.624. The molecule has 24 heavy (non-hydrogen) atoms. The molecule has 1 aliphatic rings. The van der Waals surface area contributed by atoms with Gasteiger partial charge in [-0.1, -0.05) is 49.1 Å². The van der Waals surface area contributed by atoms with Crippen molar-refractivity contribution < 1.29 is 4.79 Å². The fourth-order valence-corrected chi connectivity index (χ4v) is 4.61. The average Bonchev–Trinajstić information content (AvgIpc) is 3.20. The van der Waals surface area contributed by atoms with Crippen molar-refractivity contribution in [1.82, 2.24) is 15.1 Å². The third-order valence-corrected chi connectivity index (χ3v) is 5.71. The summed E-state index contributed by atoms with van der Waals surface area (Å²) in [6.45, 7) is 7.53. The number of carbonyl (C=O) groups is 1. The number of benzene rings is 1. The molecular formula is C17H22N4OS2. The van der Waals surface area contributed by atoms with Gasteiger partial charge in [-0.15, -0.1) is 10.2 Å². The number of amides is 1. The zero-order chi connectivity index (χ0) is 16.9. The molecule has 0 saturated carbocycles. The number of nitrogens with zero attached hydrogens (tertiary/aromatic N) is 3. The van der Waals surface area contributed by atoms with Crippen LogP contribution in [0.4, 0.5) is 5.13 Å². The minimum Gasteiger partial charge on any atom is -0.299 e. The Hall–Kier alpha value is -1.44. The Morgan fingerprint density at radius 2 is 1.96 bits per heavy atom. The highest BCUT2D eigenvalue weighted by atomic mass is 32.2. The first-order chi connectivity index (χ1) is 11.6. The number of likely N-dealkylation sites (tertiary alicyclic amines) is 1. The molecule has 0 aliphatic carbocycles. The van der Waals surface area contributed by atoms with E-state index < -0.39 is 0 Å². The molecule has 1 saturated heterocycles. The Labute approximate surface area is 150 Å². The first kappa shape index (κ1) is 17.4. The van der Waals surface area contributed by atoms with Gasteiger partial charge in [0, 0.05) is 17.4 Å². The number of anilines is 1. The predicted molar refractivity (Wildman–Crippen MR) is 99.8 cm³/mol. The largest absolute Gasteiger partial charge is 0.299 e. The monoisotopic (exact) mass is 362 g/mol. The smallest absolute Gasteiger partial charge is 0.257 e. The van der Waals surface area contributed by atoms with Crippen LogP contribution in [0.1, 0.15) is 42.6 Å². The SMILES string of the molecule is CC(C)Sc1nnc(NC(=O)c2ccc(CN3CCCC3)cc2)s1. The summed E-state index contributed by atoms with van der Waals surface area (Å²) in [6.07, 6.45) is 2.58. The van der Waals surface area contributed by atoms with Gasteiger partial charge in [0.2, 0.25) is 5.13 Å². The van der Waals surface area contributed by atoms with E-state index in [0.29, 0.717) is 15.9 Å². The maximum Gasteiger partial charge on any atom is 0.257 e. The molecule has 1 fully saturated rings. The molecule has 128 valence electrons. The minimum absolute atomic E-state index is 0.139. The number of carbonyl (C=O) groups excluding carboxylic acids is 1. The van der Waals surface area contributed by atoms with Crippen LogP contribution in [0.5, 0.6) is 0 Å². The third kappa shape index (κ3) is 4.78. The number of rotatable bonds is 6. The minimum atomic E-state index is -0.139. The molecular weight excluding hydrogens is 340 g/mol. The van der Waals surface area contributed by atoms with Crippen molar-refractivity contribution in [1.29, 1.82) is 0 Å². The standard InChI is InChI=1S/C17H22N4OS2/c1-12(2)23-17-20-19-16(24-17)18-15(22)14-7-5-13(6-8-14)11-21-9-3-4-10-21/h5-8,12H,3-4,9-11H2,1-2H3,(H,18,19,22). The van der Waals surface area contributed by atoms with E-state index in [0.717, 1.165) is 10.9 Å². The fraction of sp³-hybridized carbons (Fsp3) is 0.471. The summed E-state index contributed by atoms with van der Waals surface area (Å²) < 4.78 is 0.876. The van der Waals surface area contributed by atoms with Crippen LogP contribution >= 0.6 is 23.1 Å². The van der Waals surface area contributed by atoms with Crippen molar-refractivity contribution in [2.75, 3.05) is 18.4 Å². The molecule has 0 spiro atoms. The number of nitrogens with one attached hydrogen (secondary N) is 1. The van der Waals surface area contributed by atoms with Gasteiger partial charge in [-0.25, -0.2) is 0 Å². The van der Waals surface area contributed by atoms with E-state index in [1.54, 1.807) is 11.8 Å². The van der Waals surface area contributed by atoms with Crippen molar-refractivity contribution >= 4 is 34.1 Å². The molecule has 0 unspecified atom stereocenters. The maximum atomic E-state index is 12.3. The van der Waals surface area contributed by atoms with E-state index in [2.05, 4.69) is 34.3 Å². The second-order valence-corrected chi connectivity index (χ2v) is 8.98. The van der Waals surface area contributed by atoms with Crippen LogP contribution in [0.25, 0.3) is 0 Å². The third-order valence-electron chi connectivity index (χ3n) is 3.78. The van der Waals surface area contributed by atoms with Crippen LogP contribution in [-0.4, -0.2) is 39.3 Å². The topological polar surface area (TPSA) is 58.1 Å². The zero-order valence-corrected chi connectivity index (χ0v) is 15.6. The van der Waals surface area contributed by atoms with Crippen LogP contribution in [0.15, 0.2) is 28.6 Å². The van der Waals surface area contributed by atoms with E-state index >= 15 is 0 Å². The second kappa shape index (κ2) is 8.09. The Balaban J connectivity index is 1.57. The maximum absolute atomic E-state index is 12.3. The lowest BCUT2D eigenvalue weighted by molar-refractivity contribution is 0.102. The normalized spacial score (nSPS) is 15.1. The Morgan fingerprint density at radius 3 is 2.62 bits per heavy atom. The van der Waals surface area contributed by atoms with Crippen LogP contribution < -0.4 is 5.32 Å². The molecule has 1 aromatic carbocycles. The van der Waals surface area contributed by atoms with E-state index in [1.165, 1.54) is 42.8 Å². The fourth-order valence-electron chi connectivity index (χ4n) is 2.64. The summed E-state index contributed by atoms with van der Waals surface area (Å²) in [5.41, 5.74) is 1.90. The highest BCUT2D eigenvalue weighted by Gasteiger charge is 2.13. The van der Waals surface area contributed by atoms with Crippen molar-refractivity contribution in [3.05, 3.63) is 35.4 Å². The summed E-state index contributed by atoms with van der Waals surface area (Å²) in [5, 5.41) is 11.9. The summed E-state index contributed by atoms with van der Waals surface area (Å²) in [5.74, 6) is -0.139. The van der Waals surface area contributed by atoms with Gasteiger partial charge in [-0.3, -0.25) is 15.0 Å². The number of hydrogen-bond acceptors (Lipinski definition) is 6. The van der Waals surface area contributed by atoms with E-state index in [-0.39, 0.29) is 5.91 Å². The van der Waals surface area contributed by atoms with E-state index in [1.807, 2.05) is 24.3 Å². The predicted octanol–water partition coefficient (Wildman–Crippen LogP) is 3.89. The van der Waals surface area contributed by atoms with Crippen LogP contribution in [0, 0.1) is 0 Å². The Kier molecular flexibility index (Phi) is 5.86. The average molecular weight is 363 g/mol. The summed E-state index contributed by atoms with van der Waals surface area (Å²) in [4.78, 5) is 14.8. The van der Waals surface area contributed by atoms with Crippen molar-refractivity contribution in [2.45, 2.75) is 42.8 Å². The van der Waals surface area contributed by atoms with E-state index in [4.69, 9.17) is 0 Å². The number of aromatic nitrogens is 2. The molecule has 0 atom stereocenters. The lowest BCUT2D eigenvalue weighted by Gasteiger charge is -2.14. The number of hydrogen-bond donors (Lipinski definition) is 1. The lowest BCUT2D eigenvalue weighted by atomic mass is 10.1. The van der Waals surface area contributed by atoms with Gasteiger partial charge in [0.1, 0.15) is 0 Å². The molecule has 3 rings (SSSR count). The van der Waals surface area contributed by atoms with Crippen LogP contribution in [0.3, 0.4) is 0 Å². The molecule has 1 aliphatic heterocycles. The van der Waals surface area contributed by atoms with E-state index in [9.17, 15) is 4.79 Å². The van der Waals surface area contributed by atoms with Gasteiger partial charge in [0.15, 0.2) is 4.34 Å². The van der Waals surface area contributed by atoms with Gasteiger partial charge in [-0.2, -0.15) is 0 Å². The molecule has 1 aromatic heterocycles. The highest BCUT2D eigenvalue weighted by molar-refractivity contribution is 8.01. The first-order valence-electron chi connectivity index (χ1n) is 8.23. The van der Waals surface area contributed by atoms with Gasteiger partial charge in [0.05, 0.1) is 0 Å². The highest BCUT2D eigenvalue weighted by Crippen LogP contribution is 2.28. The van der Waals surface area contributed by atoms with Gasteiger partial charge in [0.25, 0.3) is 5.91 Å². The molecule has 1 amide bonds. The molecule has 7 heteroatoms. The molecule has 0 bridgehead atoms. The Bertz CT molecular complexity index is 678. The molecule has 5 nitrogen and oxygen atoms in total. The molecule has 2 heterocycles. The van der Waals surface area contributed by atoms with Crippen LogP contribution in [0.2, 0.25) is 0 Å². The summed E-state index contributed by atoms with van der Waals surface area (Å²) >= 11 is 3.06. The van der Waals surface area contributed by atoms with Crippen LogP contribution in [-0.2, 0) is 6.54 Å². The van der Waals surface area contributed by atoms with Gasteiger partial charge in [-0.05, 0) is 43.6 Å². The van der Waals surface area contributed by atoms with Gasteiger partial charge < -0.3 is 0 Å². The van der Waals surface area contributed by atoms with Crippen molar-refractivity contribution in [2.24, 2.45) is 0 Å². The zero-order valence-electron chi connectivity index (χ0n) is 14.0. The molecule has 2 aromatic rings. The van der Waals surface area contributed by atoms with Crippen molar-refractivity contribution in [3.63, 3.8) is 0 Å². The molecule has 0 radical (unpaired) electrons. The summed E-state index contributed by atoms with van der Waals surface area (Å²) in [6, 6.07) is 7.83. The van der Waals surface area contributed by atoms with Gasteiger partial charge >= 0.3 is 0 Å². The van der Waals surface area contributed by atoms with Crippen molar-refractivity contribution in [3.8, 4) is 0 Å². The molecule has 1 N–H and O–H groups in total. The first-order valence-corrected chi connectivity index (χ1v) is 9.92. The Morgan fingerprint density at radius 1 is 1.25 bits per heavy atom. The summed E-state index contributed by atoms with van der Waals surface area (Å²) in [7, 11) is 0.